The van der Waals surface area contributed by atoms with E-state index in [1.807, 2.05) is 6.07 Å². The van der Waals surface area contributed by atoms with Crippen LogP contribution in [-0.2, 0) is 0 Å². The molecule has 0 saturated heterocycles. The highest BCUT2D eigenvalue weighted by atomic mass is 19.1. The number of urea groups is 1. The summed E-state index contributed by atoms with van der Waals surface area (Å²) in [6, 6.07) is 16.9. The van der Waals surface area contributed by atoms with Crippen molar-refractivity contribution in [3.8, 4) is 11.3 Å². The molecule has 0 fully saturated rings. The first-order valence-electron chi connectivity index (χ1n) is 10.8. The van der Waals surface area contributed by atoms with Gasteiger partial charge < -0.3 is 10.6 Å². The summed E-state index contributed by atoms with van der Waals surface area (Å²) < 4.78 is 28.6. The van der Waals surface area contributed by atoms with Gasteiger partial charge in [0.2, 0.25) is 0 Å². The van der Waals surface area contributed by atoms with Crippen molar-refractivity contribution in [3.63, 3.8) is 0 Å². The third-order valence-electron chi connectivity index (χ3n) is 5.34. The molecule has 36 heavy (non-hydrogen) atoms. The molecule has 0 aliphatic carbocycles. The Morgan fingerprint density at radius 3 is 2.47 bits per heavy atom. The van der Waals surface area contributed by atoms with Crippen molar-refractivity contribution >= 4 is 34.2 Å². The van der Waals surface area contributed by atoms with Gasteiger partial charge in [0.05, 0.1) is 34.2 Å². The molecule has 2 aromatic heterocycles. The largest absolute Gasteiger partial charge is 0.323 e. The number of aromatic nitrogens is 3. The van der Waals surface area contributed by atoms with Gasteiger partial charge in [0.15, 0.2) is 11.6 Å². The number of hydrogen-bond donors (Lipinski definition) is 2. The molecule has 9 heteroatoms. The lowest BCUT2D eigenvalue weighted by Crippen LogP contribution is -2.21. The number of halogens is 2. The molecule has 5 rings (SSSR count). The van der Waals surface area contributed by atoms with Crippen molar-refractivity contribution in [2.24, 2.45) is 0 Å². The lowest BCUT2D eigenvalue weighted by atomic mass is 10.0. The summed E-state index contributed by atoms with van der Waals surface area (Å²) in [6.07, 6.45) is 4.92. The molecule has 0 aliphatic rings. The van der Waals surface area contributed by atoms with Crippen LogP contribution in [0.15, 0.2) is 91.4 Å². The summed E-state index contributed by atoms with van der Waals surface area (Å²) in [4.78, 5) is 38.5. The topological polar surface area (TPSA) is 96.9 Å². The van der Waals surface area contributed by atoms with E-state index in [4.69, 9.17) is 0 Å². The SMILES string of the molecule is O=C(Nc1cccc(F)c1)Nc1cccc(C(=O)c2ccc3ncc(-c4cccnc4)nc3c2)c1F. The molecular weight excluding hydrogens is 464 g/mol. The summed E-state index contributed by atoms with van der Waals surface area (Å²) in [6.45, 7) is 0. The van der Waals surface area contributed by atoms with Gasteiger partial charge in [0.25, 0.3) is 0 Å². The number of ketones is 1. The van der Waals surface area contributed by atoms with E-state index in [1.54, 1.807) is 42.9 Å². The zero-order chi connectivity index (χ0) is 25.1. The highest BCUT2D eigenvalue weighted by Gasteiger charge is 2.19. The number of nitrogens with zero attached hydrogens (tertiary/aromatic N) is 3. The number of pyridine rings is 1. The van der Waals surface area contributed by atoms with E-state index in [9.17, 15) is 14.0 Å². The maximum atomic E-state index is 15.2. The number of nitrogens with one attached hydrogen (secondary N) is 2. The zero-order valence-corrected chi connectivity index (χ0v) is 18.6. The molecule has 0 aliphatic heterocycles. The van der Waals surface area contributed by atoms with Crippen molar-refractivity contribution in [2.45, 2.75) is 0 Å². The monoisotopic (exact) mass is 481 g/mol. The van der Waals surface area contributed by atoms with E-state index in [0.29, 0.717) is 16.7 Å². The first kappa shape index (κ1) is 22.7. The smallest absolute Gasteiger partial charge is 0.308 e. The molecule has 0 unspecified atom stereocenters. The van der Waals surface area contributed by atoms with Crippen LogP contribution in [0.1, 0.15) is 15.9 Å². The highest BCUT2D eigenvalue weighted by molar-refractivity contribution is 6.11. The fourth-order valence-corrected chi connectivity index (χ4v) is 3.62. The third kappa shape index (κ3) is 4.76. The minimum atomic E-state index is -0.896. The first-order valence-corrected chi connectivity index (χ1v) is 10.8. The van der Waals surface area contributed by atoms with Crippen LogP contribution in [0.2, 0.25) is 0 Å². The predicted octanol–water partition coefficient (Wildman–Crippen LogP) is 5.85. The molecule has 0 saturated carbocycles. The van der Waals surface area contributed by atoms with Gasteiger partial charge in [0.1, 0.15) is 5.82 Å². The molecule has 0 atom stereocenters. The predicted molar refractivity (Wildman–Crippen MR) is 132 cm³/mol. The van der Waals surface area contributed by atoms with Gasteiger partial charge in [-0.05, 0) is 60.7 Å². The van der Waals surface area contributed by atoms with Crippen molar-refractivity contribution < 1.29 is 18.4 Å². The number of anilines is 2. The first-order chi connectivity index (χ1) is 17.5. The average molecular weight is 481 g/mol. The van der Waals surface area contributed by atoms with Crippen LogP contribution in [0.5, 0.6) is 0 Å². The maximum Gasteiger partial charge on any atom is 0.323 e. The number of carbonyl (C=O) groups excluding carboxylic acids is 2. The number of amides is 2. The van der Waals surface area contributed by atoms with E-state index in [1.165, 1.54) is 36.4 Å². The Morgan fingerprint density at radius 2 is 1.67 bits per heavy atom. The fraction of sp³-hybridized carbons (Fsp3) is 0. The molecule has 2 N–H and O–H groups in total. The number of fused-ring (bicyclic) bond motifs is 1. The van der Waals surface area contributed by atoms with Gasteiger partial charge in [-0.25, -0.2) is 18.6 Å². The summed E-state index contributed by atoms with van der Waals surface area (Å²) in [7, 11) is 0. The van der Waals surface area contributed by atoms with Crippen molar-refractivity contribution in [3.05, 3.63) is 114 Å². The summed E-state index contributed by atoms with van der Waals surface area (Å²) in [5, 5.41) is 4.77. The van der Waals surface area contributed by atoms with Crippen molar-refractivity contribution in [1.29, 1.82) is 0 Å². The quantitative estimate of drug-likeness (QED) is 0.307. The zero-order valence-electron chi connectivity index (χ0n) is 18.6. The maximum absolute atomic E-state index is 15.2. The Hall–Kier alpha value is -5.05. The molecule has 5 aromatic rings. The van der Waals surface area contributed by atoms with Crippen molar-refractivity contribution in [1.82, 2.24) is 15.0 Å². The minimum Gasteiger partial charge on any atom is -0.308 e. The Balaban J connectivity index is 1.40. The average Bonchev–Trinajstić information content (AvgIpc) is 2.89. The molecule has 3 aromatic carbocycles. The normalized spacial score (nSPS) is 10.7. The standard InChI is InChI=1S/C27H17F2N5O2/c28-18-5-1-6-19(13-18)32-27(36)34-22-8-2-7-20(25(22)29)26(35)16-9-10-21-23(12-16)33-24(15-31-21)17-4-3-11-30-14-17/h1-15H,(H2,32,34,36). The molecular formula is C27H17F2N5O2. The molecule has 2 heterocycles. The molecule has 0 radical (unpaired) electrons. The minimum absolute atomic E-state index is 0.197. The number of benzene rings is 3. The Bertz CT molecular complexity index is 1610. The third-order valence-corrected chi connectivity index (χ3v) is 5.34. The number of rotatable bonds is 5. The second kappa shape index (κ2) is 9.67. The van der Waals surface area contributed by atoms with E-state index in [0.717, 1.165) is 11.6 Å². The van der Waals surface area contributed by atoms with Crippen LogP contribution in [0.3, 0.4) is 0 Å². The molecule has 0 spiro atoms. The van der Waals surface area contributed by atoms with Gasteiger partial charge in [-0.1, -0.05) is 12.1 Å². The van der Waals surface area contributed by atoms with Crippen LogP contribution < -0.4 is 10.6 Å². The van der Waals surface area contributed by atoms with E-state index in [2.05, 4.69) is 25.6 Å². The van der Waals surface area contributed by atoms with Crippen LogP contribution in [-0.4, -0.2) is 26.8 Å². The Labute approximate surface area is 203 Å². The van der Waals surface area contributed by atoms with Gasteiger partial charge in [0, 0.05) is 29.2 Å². The molecule has 0 bridgehead atoms. The Kier molecular flexibility index (Phi) is 6.10. The van der Waals surface area contributed by atoms with Gasteiger partial charge in [-0.3, -0.25) is 14.8 Å². The van der Waals surface area contributed by atoms with Crippen LogP contribution >= 0.6 is 0 Å². The van der Waals surface area contributed by atoms with Crippen LogP contribution in [0.4, 0.5) is 25.0 Å². The number of hydrogen-bond acceptors (Lipinski definition) is 5. The summed E-state index contributed by atoms with van der Waals surface area (Å²) in [5.41, 5.74) is 2.37. The molecule has 7 nitrogen and oxygen atoms in total. The second-order valence-corrected chi connectivity index (χ2v) is 7.79. The summed E-state index contributed by atoms with van der Waals surface area (Å²) in [5.74, 6) is -2.01. The van der Waals surface area contributed by atoms with E-state index < -0.39 is 23.4 Å². The number of carbonyl (C=O) groups is 2. The van der Waals surface area contributed by atoms with E-state index in [-0.39, 0.29) is 22.5 Å². The van der Waals surface area contributed by atoms with Crippen LogP contribution in [0, 0.1) is 11.6 Å². The lowest BCUT2D eigenvalue weighted by molar-refractivity contribution is 0.103. The Morgan fingerprint density at radius 1 is 0.806 bits per heavy atom. The second-order valence-electron chi connectivity index (χ2n) is 7.79. The van der Waals surface area contributed by atoms with Crippen molar-refractivity contribution in [2.75, 3.05) is 10.6 Å². The molecule has 2 amide bonds. The van der Waals surface area contributed by atoms with E-state index >= 15 is 4.39 Å². The van der Waals surface area contributed by atoms with Crippen LogP contribution in [0.25, 0.3) is 22.3 Å². The molecule has 176 valence electrons. The fourth-order valence-electron chi connectivity index (χ4n) is 3.62. The van der Waals surface area contributed by atoms with Gasteiger partial charge in [-0.15, -0.1) is 0 Å². The lowest BCUT2D eigenvalue weighted by Gasteiger charge is -2.11. The van der Waals surface area contributed by atoms with Gasteiger partial charge >= 0.3 is 6.03 Å². The highest BCUT2D eigenvalue weighted by Crippen LogP contribution is 2.24. The van der Waals surface area contributed by atoms with Gasteiger partial charge in [-0.2, -0.15) is 0 Å². The summed E-state index contributed by atoms with van der Waals surface area (Å²) >= 11 is 0.